The van der Waals surface area contributed by atoms with Gasteiger partial charge in [-0.15, -0.1) is 0 Å². The monoisotopic (exact) mass is 313 g/mol. The minimum atomic E-state index is 0.849. The SMILES string of the molecule is c1cc(CN2CCCC2)cc(N2CCC(N3CCCC3)CC2)c1. The van der Waals surface area contributed by atoms with Crippen molar-refractivity contribution < 1.29 is 0 Å². The molecule has 0 saturated carbocycles. The molecule has 3 fully saturated rings. The van der Waals surface area contributed by atoms with Gasteiger partial charge in [0.25, 0.3) is 0 Å². The average Bonchev–Trinajstić information content (AvgIpc) is 3.29. The van der Waals surface area contributed by atoms with Crippen LogP contribution in [0.5, 0.6) is 0 Å². The van der Waals surface area contributed by atoms with Gasteiger partial charge in [-0.1, -0.05) is 12.1 Å². The van der Waals surface area contributed by atoms with Gasteiger partial charge in [-0.2, -0.15) is 0 Å². The van der Waals surface area contributed by atoms with E-state index < -0.39 is 0 Å². The van der Waals surface area contributed by atoms with Gasteiger partial charge in [0.2, 0.25) is 0 Å². The summed E-state index contributed by atoms with van der Waals surface area (Å²) in [6.45, 7) is 8.85. The minimum absolute atomic E-state index is 0.849. The standard InChI is InChI=1S/C20H31N3/c1-2-11-21(10-1)17-18-6-5-7-20(16-18)23-14-8-19(9-15-23)22-12-3-4-13-22/h5-7,16,19H,1-4,8-15,17H2. The summed E-state index contributed by atoms with van der Waals surface area (Å²) in [5.74, 6) is 0. The van der Waals surface area contributed by atoms with Gasteiger partial charge >= 0.3 is 0 Å². The maximum Gasteiger partial charge on any atom is 0.0369 e. The number of likely N-dealkylation sites (tertiary alicyclic amines) is 2. The second kappa shape index (κ2) is 7.23. The van der Waals surface area contributed by atoms with Crippen LogP contribution in [0.4, 0.5) is 5.69 Å². The van der Waals surface area contributed by atoms with Crippen LogP contribution in [0, 0.1) is 0 Å². The Labute approximate surface area is 141 Å². The number of piperidine rings is 1. The lowest BCUT2D eigenvalue weighted by Gasteiger charge is -2.38. The van der Waals surface area contributed by atoms with Crippen molar-refractivity contribution in [2.24, 2.45) is 0 Å². The first-order valence-corrected chi connectivity index (χ1v) is 9.69. The van der Waals surface area contributed by atoms with Gasteiger partial charge in [0, 0.05) is 31.4 Å². The lowest BCUT2D eigenvalue weighted by molar-refractivity contribution is 0.208. The maximum absolute atomic E-state index is 2.74. The van der Waals surface area contributed by atoms with Crippen LogP contribution in [0.3, 0.4) is 0 Å². The highest BCUT2D eigenvalue weighted by Gasteiger charge is 2.26. The normalized spacial score (nSPS) is 24.6. The van der Waals surface area contributed by atoms with Gasteiger partial charge in [-0.25, -0.2) is 0 Å². The van der Waals surface area contributed by atoms with E-state index in [1.807, 2.05) is 0 Å². The Kier molecular flexibility index (Phi) is 4.86. The number of anilines is 1. The Morgan fingerprint density at radius 3 is 2.26 bits per heavy atom. The third-order valence-electron chi connectivity index (χ3n) is 6.00. The molecule has 0 unspecified atom stereocenters. The van der Waals surface area contributed by atoms with E-state index in [2.05, 4.69) is 39.0 Å². The van der Waals surface area contributed by atoms with Gasteiger partial charge in [0.1, 0.15) is 0 Å². The molecule has 0 bridgehead atoms. The van der Waals surface area contributed by atoms with Crippen molar-refractivity contribution in [3.05, 3.63) is 29.8 Å². The smallest absolute Gasteiger partial charge is 0.0369 e. The van der Waals surface area contributed by atoms with Gasteiger partial charge in [0.15, 0.2) is 0 Å². The Bertz CT molecular complexity index is 495. The minimum Gasteiger partial charge on any atom is -0.371 e. The van der Waals surface area contributed by atoms with Gasteiger partial charge in [0.05, 0.1) is 0 Å². The summed E-state index contributed by atoms with van der Waals surface area (Å²) in [5, 5.41) is 0. The van der Waals surface area contributed by atoms with Gasteiger partial charge < -0.3 is 9.80 Å². The second-order valence-electron chi connectivity index (χ2n) is 7.61. The van der Waals surface area contributed by atoms with E-state index >= 15 is 0 Å². The van der Waals surface area contributed by atoms with E-state index in [1.54, 1.807) is 0 Å². The Hall–Kier alpha value is -1.06. The van der Waals surface area contributed by atoms with Crippen molar-refractivity contribution in [1.29, 1.82) is 0 Å². The molecule has 0 aliphatic carbocycles. The van der Waals surface area contributed by atoms with Crippen LogP contribution < -0.4 is 4.90 Å². The van der Waals surface area contributed by atoms with Gasteiger partial charge in [-0.3, -0.25) is 4.90 Å². The van der Waals surface area contributed by atoms with E-state index in [-0.39, 0.29) is 0 Å². The molecule has 0 amide bonds. The molecule has 0 aromatic heterocycles. The summed E-state index contributed by atoms with van der Waals surface area (Å²) in [6.07, 6.45) is 8.28. The molecule has 0 radical (unpaired) electrons. The molecule has 126 valence electrons. The average molecular weight is 313 g/mol. The molecule has 3 aliphatic rings. The van der Waals surface area contributed by atoms with E-state index in [4.69, 9.17) is 0 Å². The summed E-state index contributed by atoms with van der Waals surface area (Å²) in [4.78, 5) is 7.94. The molecule has 3 aliphatic heterocycles. The topological polar surface area (TPSA) is 9.72 Å². The molecule has 3 heteroatoms. The molecule has 4 rings (SSSR count). The molecule has 23 heavy (non-hydrogen) atoms. The molecule has 0 atom stereocenters. The van der Waals surface area contributed by atoms with E-state index in [0.717, 1.165) is 12.6 Å². The lowest BCUT2D eigenvalue weighted by atomic mass is 10.0. The zero-order valence-electron chi connectivity index (χ0n) is 14.4. The Morgan fingerprint density at radius 2 is 1.52 bits per heavy atom. The van der Waals surface area contributed by atoms with Crippen molar-refractivity contribution in [2.75, 3.05) is 44.2 Å². The summed E-state index contributed by atoms with van der Waals surface area (Å²) < 4.78 is 0. The van der Waals surface area contributed by atoms with E-state index in [0.29, 0.717) is 0 Å². The molecule has 1 aromatic carbocycles. The number of hydrogen-bond acceptors (Lipinski definition) is 3. The van der Waals surface area contributed by atoms with Crippen molar-refractivity contribution in [3.8, 4) is 0 Å². The Morgan fingerprint density at radius 1 is 0.826 bits per heavy atom. The number of rotatable bonds is 4. The zero-order chi connectivity index (χ0) is 15.5. The summed E-state index contributed by atoms with van der Waals surface area (Å²) in [7, 11) is 0. The summed E-state index contributed by atoms with van der Waals surface area (Å²) in [6, 6.07) is 10.2. The van der Waals surface area contributed by atoms with Crippen LogP contribution in [0.2, 0.25) is 0 Å². The third kappa shape index (κ3) is 3.72. The predicted octanol–water partition coefficient (Wildman–Crippen LogP) is 3.35. The van der Waals surface area contributed by atoms with Crippen LogP contribution in [0.1, 0.15) is 44.1 Å². The number of nitrogens with zero attached hydrogens (tertiary/aromatic N) is 3. The molecule has 1 aromatic rings. The summed E-state index contributed by atoms with van der Waals surface area (Å²) in [5.41, 5.74) is 2.94. The van der Waals surface area contributed by atoms with Gasteiger partial charge in [-0.05, 0) is 82.4 Å². The van der Waals surface area contributed by atoms with Crippen LogP contribution in [-0.4, -0.2) is 55.1 Å². The fraction of sp³-hybridized carbons (Fsp3) is 0.700. The van der Waals surface area contributed by atoms with Crippen LogP contribution >= 0.6 is 0 Å². The Balaban J connectivity index is 1.34. The van der Waals surface area contributed by atoms with Crippen molar-refractivity contribution in [1.82, 2.24) is 9.80 Å². The molecule has 3 nitrogen and oxygen atoms in total. The zero-order valence-corrected chi connectivity index (χ0v) is 14.4. The van der Waals surface area contributed by atoms with Crippen molar-refractivity contribution in [2.45, 2.75) is 51.1 Å². The third-order valence-corrected chi connectivity index (χ3v) is 6.00. The molecule has 0 spiro atoms. The quantitative estimate of drug-likeness (QED) is 0.844. The van der Waals surface area contributed by atoms with E-state index in [1.165, 1.54) is 89.0 Å². The predicted molar refractivity (Wildman–Crippen MR) is 97.0 cm³/mol. The first-order chi connectivity index (χ1) is 11.4. The van der Waals surface area contributed by atoms with Crippen molar-refractivity contribution in [3.63, 3.8) is 0 Å². The number of benzene rings is 1. The summed E-state index contributed by atoms with van der Waals surface area (Å²) >= 11 is 0. The highest BCUT2D eigenvalue weighted by molar-refractivity contribution is 5.49. The number of hydrogen-bond donors (Lipinski definition) is 0. The van der Waals surface area contributed by atoms with Crippen LogP contribution in [0.25, 0.3) is 0 Å². The highest BCUT2D eigenvalue weighted by atomic mass is 15.2. The first-order valence-electron chi connectivity index (χ1n) is 9.69. The molecule has 3 saturated heterocycles. The van der Waals surface area contributed by atoms with E-state index in [9.17, 15) is 0 Å². The maximum atomic E-state index is 2.74. The largest absolute Gasteiger partial charge is 0.371 e. The molecule has 0 N–H and O–H groups in total. The molecular weight excluding hydrogens is 282 g/mol. The molecule has 3 heterocycles. The lowest BCUT2D eigenvalue weighted by Crippen LogP contribution is -2.43. The first kappa shape index (κ1) is 15.5. The second-order valence-corrected chi connectivity index (χ2v) is 7.61. The molecular formula is C20H31N3. The van der Waals surface area contributed by atoms with Crippen LogP contribution in [-0.2, 0) is 6.54 Å². The van der Waals surface area contributed by atoms with Crippen molar-refractivity contribution >= 4 is 5.69 Å². The fourth-order valence-electron chi connectivity index (χ4n) is 4.65. The highest BCUT2D eigenvalue weighted by Crippen LogP contribution is 2.26. The fourth-order valence-corrected chi connectivity index (χ4v) is 4.65. The van der Waals surface area contributed by atoms with Crippen LogP contribution in [0.15, 0.2) is 24.3 Å².